The molecule has 0 bridgehead atoms. The van der Waals surface area contributed by atoms with Crippen LogP contribution in [0.4, 0.5) is 0 Å². The van der Waals surface area contributed by atoms with E-state index >= 15 is 0 Å². The molecule has 0 saturated carbocycles. The molecule has 0 aromatic heterocycles. The summed E-state index contributed by atoms with van der Waals surface area (Å²) in [6.07, 6.45) is 3.63. The van der Waals surface area contributed by atoms with Crippen molar-refractivity contribution >= 4 is 20.3 Å². The number of sulfonamides is 1. The monoisotopic (exact) mass is 371 g/mol. The van der Waals surface area contributed by atoms with E-state index in [0.29, 0.717) is 29.0 Å². The molecule has 1 aromatic carbocycles. The van der Waals surface area contributed by atoms with Crippen molar-refractivity contribution in [2.75, 3.05) is 13.2 Å². The lowest BCUT2D eigenvalue weighted by atomic mass is 10.2. The van der Waals surface area contributed by atoms with Crippen LogP contribution in [-0.2, 0) is 24.9 Å². The van der Waals surface area contributed by atoms with E-state index in [2.05, 4.69) is 23.3 Å². The van der Waals surface area contributed by atoms with Crippen molar-refractivity contribution in [3.63, 3.8) is 0 Å². The van der Waals surface area contributed by atoms with Gasteiger partial charge in [-0.1, -0.05) is 44.9 Å². The third-order valence-corrected chi connectivity index (χ3v) is 5.86. The first-order valence-corrected chi connectivity index (χ1v) is 10.5. The lowest BCUT2D eigenvalue weighted by Gasteiger charge is -2.32. The molecule has 24 heavy (non-hydrogen) atoms. The predicted octanol–water partition coefficient (Wildman–Crippen LogP) is 2.79. The highest BCUT2D eigenvalue weighted by Crippen LogP contribution is 2.31. The largest absolute Gasteiger partial charge is 0.351 e. The summed E-state index contributed by atoms with van der Waals surface area (Å²) in [5.74, 6) is 0. The van der Waals surface area contributed by atoms with Crippen LogP contribution in [0.25, 0.3) is 10.4 Å². The van der Waals surface area contributed by atoms with E-state index in [4.69, 9.17) is 15.0 Å². The Labute approximate surface area is 146 Å². The van der Waals surface area contributed by atoms with Gasteiger partial charge < -0.3 is 9.47 Å². The van der Waals surface area contributed by atoms with Gasteiger partial charge in [-0.3, -0.25) is 0 Å². The Kier molecular flexibility index (Phi) is 8.44. The molecule has 1 rings (SSSR count). The summed E-state index contributed by atoms with van der Waals surface area (Å²) in [6, 6.07) is 6.38. The molecule has 0 aliphatic rings. The van der Waals surface area contributed by atoms with Gasteiger partial charge in [-0.25, -0.2) is 8.42 Å². The Morgan fingerprint density at radius 1 is 1.17 bits per heavy atom. The standard InChI is InChI=1S/C15H25N3O4SSi/c1-3-5-11-21-15(24,22-12-6-4-2)13-9-7-8-10-14(13)23(19,20)18-17-16/h7-10H,3-6,11-12H2,1-2,24H3. The number of benzene rings is 1. The molecule has 0 aliphatic carbocycles. The molecule has 7 nitrogen and oxygen atoms in total. The van der Waals surface area contributed by atoms with Crippen molar-refractivity contribution < 1.29 is 17.9 Å². The first-order chi connectivity index (χ1) is 11.4. The molecule has 9 heteroatoms. The normalized spacial score (nSPS) is 12.1. The van der Waals surface area contributed by atoms with Crippen molar-refractivity contribution in [3.8, 4) is 0 Å². The maximum absolute atomic E-state index is 12.2. The molecule has 0 atom stereocenters. The van der Waals surface area contributed by atoms with Gasteiger partial charge in [-0.15, -0.1) is 0 Å². The molecule has 0 fully saturated rings. The highest BCUT2D eigenvalue weighted by atomic mass is 32.2. The van der Waals surface area contributed by atoms with Crippen LogP contribution in [0, 0.1) is 0 Å². The predicted molar refractivity (Wildman–Crippen MR) is 96.1 cm³/mol. The number of azide groups is 1. The first-order valence-electron chi connectivity index (χ1n) is 8.10. The second-order valence-corrected chi connectivity index (χ2v) is 8.36. The van der Waals surface area contributed by atoms with E-state index in [9.17, 15) is 8.42 Å². The van der Waals surface area contributed by atoms with Gasteiger partial charge in [0, 0.05) is 28.2 Å². The minimum Gasteiger partial charge on any atom is -0.351 e. The minimum atomic E-state index is -4.11. The minimum absolute atomic E-state index is 0.0641. The van der Waals surface area contributed by atoms with Crippen LogP contribution < -0.4 is 0 Å². The van der Waals surface area contributed by atoms with Crippen LogP contribution in [0.3, 0.4) is 0 Å². The summed E-state index contributed by atoms with van der Waals surface area (Å²) in [5.41, 5.74) is 7.84. The van der Waals surface area contributed by atoms with Crippen LogP contribution in [-0.4, -0.2) is 31.9 Å². The van der Waals surface area contributed by atoms with Gasteiger partial charge in [0.25, 0.3) is 10.0 Å². The van der Waals surface area contributed by atoms with Gasteiger partial charge in [-0.2, -0.15) is 0 Å². The van der Waals surface area contributed by atoms with E-state index in [0.717, 1.165) is 25.7 Å². The van der Waals surface area contributed by atoms with Crippen LogP contribution in [0.15, 0.2) is 33.7 Å². The molecule has 0 radical (unpaired) electrons. The number of nitrogens with zero attached hydrogens (tertiary/aromatic N) is 3. The highest BCUT2D eigenvalue weighted by Gasteiger charge is 2.33. The van der Waals surface area contributed by atoms with Gasteiger partial charge in [-0.05, 0) is 24.4 Å². The Hall–Kier alpha value is -1.38. The second kappa shape index (κ2) is 9.80. The van der Waals surface area contributed by atoms with Crippen LogP contribution >= 0.6 is 0 Å². The summed E-state index contributed by atoms with van der Waals surface area (Å²) >= 11 is 0. The number of unbranched alkanes of at least 4 members (excludes halogenated alkanes) is 2. The molecule has 0 N–H and O–H groups in total. The molecule has 0 saturated heterocycles. The number of ether oxygens (including phenoxy) is 2. The van der Waals surface area contributed by atoms with Gasteiger partial charge >= 0.3 is 0 Å². The highest BCUT2D eigenvalue weighted by molar-refractivity contribution is 7.90. The lowest BCUT2D eigenvalue weighted by molar-refractivity contribution is -0.188. The molecular weight excluding hydrogens is 346 g/mol. The maximum Gasteiger partial charge on any atom is 0.264 e. The quantitative estimate of drug-likeness (QED) is 0.149. The fourth-order valence-corrected chi connectivity index (χ4v) is 4.17. The average molecular weight is 372 g/mol. The van der Waals surface area contributed by atoms with Crippen molar-refractivity contribution in [1.82, 2.24) is 0 Å². The van der Waals surface area contributed by atoms with Crippen molar-refractivity contribution in [2.24, 2.45) is 4.52 Å². The molecule has 0 unspecified atom stereocenters. The van der Waals surface area contributed by atoms with Gasteiger partial charge in [0.15, 0.2) is 5.41 Å². The summed E-state index contributed by atoms with van der Waals surface area (Å²) in [6.45, 7) is 5.05. The molecule has 0 heterocycles. The average Bonchev–Trinajstić information content (AvgIpc) is 2.55. The SMILES string of the molecule is CCCCOC([SiH3])(OCCCC)c1ccccc1S(=O)(=O)N=[N+]=[N-]. The molecule has 1 aromatic rings. The Morgan fingerprint density at radius 2 is 1.71 bits per heavy atom. The summed E-state index contributed by atoms with van der Waals surface area (Å²) in [4.78, 5) is 2.36. The van der Waals surface area contributed by atoms with Crippen molar-refractivity contribution in [1.29, 1.82) is 0 Å². The zero-order valence-corrected chi connectivity index (χ0v) is 17.3. The van der Waals surface area contributed by atoms with Gasteiger partial charge in [0.2, 0.25) is 0 Å². The number of rotatable bonds is 11. The smallest absolute Gasteiger partial charge is 0.264 e. The van der Waals surface area contributed by atoms with E-state index in [1.807, 2.05) is 0 Å². The summed E-state index contributed by atoms with van der Waals surface area (Å²) in [5, 5.41) is 0. The van der Waals surface area contributed by atoms with Crippen molar-refractivity contribution in [2.45, 2.75) is 49.8 Å². The topological polar surface area (TPSA) is 101 Å². The molecular formula is C15H25N3O4SSi. The molecule has 0 spiro atoms. The summed E-state index contributed by atoms with van der Waals surface area (Å²) < 4.78 is 39.4. The lowest BCUT2D eigenvalue weighted by Crippen LogP contribution is -2.36. The van der Waals surface area contributed by atoms with Crippen LogP contribution in [0.1, 0.15) is 45.1 Å². The zero-order chi connectivity index (χ0) is 18.1. The molecule has 0 aliphatic heterocycles. The number of hydrogen-bond acceptors (Lipinski definition) is 4. The summed E-state index contributed by atoms with van der Waals surface area (Å²) in [7, 11) is -3.68. The first kappa shape index (κ1) is 20.7. The maximum atomic E-state index is 12.2. The number of hydrogen-bond donors (Lipinski definition) is 0. The molecule has 134 valence electrons. The van der Waals surface area contributed by atoms with Crippen LogP contribution in [0.5, 0.6) is 0 Å². The van der Waals surface area contributed by atoms with Crippen molar-refractivity contribution in [3.05, 3.63) is 40.3 Å². The third kappa shape index (κ3) is 5.61. The zero-order valence-electron chi connectivity index (χ0n) is 14.4. The van der Waals surface area contributed by atoms with Crippen LogP contribution in [0.2, 0.25) is 0 Å². The van der Waals surface area contributed by atoms with Gasteiger partial charge in [0.05, 0.1) is 15.1 Å². The Morgan fingerprint density at radius 3 is 2.21 bits per heavy atom. The van der Waals surface area contributed by atoms with Gasteiger partial charge in [0.1, 0.15) is 0 Å². The fraction of sp³-hybridized carbons (Fsp3) is 0.600. The second-order valence-electron chi connectivity index (χ2n) is 5.49. The fourth-order valence-electron chi connectivity index (χ4n) is 2.18. The van der Waals surface area contributed by atoms with E-state index in [-0.39, 0.29) is 4.90 Å². The van der Waals surface area contributed by atoms with E-state index in [1.54, 1.807) is 18.2 Å². The van der Waals surface area contributed by atoms with E-state index < -0.39 is 15.4 Å². The van der Waals surface area contributed by atoms with E-state index in [1.165, 1.54) is 6.07 Å². The third-order valence-electron chi connectivity index (χ3n) is 3.55. The molecule has 0 amide bonds. The Bertz CT molecular complexity index is 665. The Balaban J connectivity index is 3.29.